The van der Waals surface area contributed by atoms with E-state index in [2.05, 4.69) is 34.9 Å². The van der Waals surface area contributed by atoms with Crippen LogP contribution in [-0.2, 0) is 11.8 Å². The van der Waals surface area contributed by atoms with E-state index >= 15 is 0 Å². The summed E-state index contributed by atoms with van der Waals surface area (Å²) in [5.74, 6) is 1.15. The molecule has 0 aromatic heterocycles. The van der Waals surface area contributed by atoms with Gasteiger partial charge in [-0.3, -0.25) is 0 Å². The fraction of sp³-hybridized carbons (Fsp3) is 0.611. The van der Waals surface area contributed by atoms with E-state index in [4.69, 9.17) is 0 Å². The van der Waals surface area contributed by atoms with E-state index in [0.717, 1.165) is 6.42 Å². The minimum atomic E-state index is -0.859. The Bertz CT molecular complexity index is 590. The molecule has 2 aliphatic carbocycles. The van der Waals surface area contributed by atoms with E-state index in [0.29, 0.717) is 23.6 Å². The van der Waals surface area contributed by atoms with Gasteiger partial charge in [-0.2, -0.15) is 11.8 Å². The van der Waals surface area contributed by atoms with Crippen LogP contribution < -0.4 is 10.6 Å². The summed E-state index contributed by atoms with van der Waals surface area (Å²) in [6.07, 6.45) is 5.49. The Morgan fingerprint density at radius 2 is 2.22 bits per heavy atom. The zero-order valence-corrected chi connectivity index (χ0v) is 14.7. The molecule has 0 heterocycles. The fourth-order valence-electron chi connectivity index (χ4n) is 3.91. The highest BCUT2D eigenvalue weighted by molar-refractivity contribution is 7.98. The minimum Gasteiger partial charge on any atom is -0.387 e. The highest BCUT2D eigenvalue weighted by atomic mass is 32.2. The molecule has 3 atom stereocenters. The van der Waals surface area contributed by atoms with Crippen molar-refractivity contribution in [2.24, 2.45) is 5.92 Å². The summed E-state index contributed by atoms with van der Waals surface area (Å²) in [5, 5.41) is 15.8. The predicted molar refractivity (Wildman–Crippen MR) is 95.0 cm³/mol. The molecule has 0 bridgehead atoms. The molecule has 0 saturated heterocycles. The number of urea groups is 1. The number of hydrogen-bond acceptors (Lipinski definition) is 3. The standard InChI is InChI=1S/C18H26N2O2S/c1-17(22,12-23-2)11-20-16(21)19-10-14-9-18(14)8-7-13-5-3-4-6-15(13)18/h3-6,14,22H,7-12H2,1-2H3,(H2,19,20,21)/t14-,17-,18-/m1/s1. The van der Waals surface area contributed by atoms with Gasteiger partial charge in [-0.25, -0.2) is 4.79 Å². The van der Waals surface area contributed by atoms with Gasteiger partial charge in [-0.05, 0) is 49.5 Å². The summed E-state index contributed by atoms with van der Waals surface area (Å²) >= 11 is 1.57. The molecule has 23 heavy (non-hydrogen) atoms. The molecule has 1 fully saturated rings. The van der Waals surface area contributed by atoms with Crippen LogP contribution in [0.5, 0.6) is 0 Å². The second-order valence-corrected chi connectivity index (χ2v) is 8.07. The van der Waals surface area contributed by atoms with E-state index < -0.39 is 5.60 Å². The largest absolute Gasteiger partial charge is 0.387 e. The van der Waals surface area contributed by atoms with Gasteiger partial charge in [-0.15, -0.1) is 0 Å². The van der Waals surface area contributed by atoms with Gasteiger partial charge in [0.25, 0.3) is 0 Å². The van der Waals surface area contributed by atoms with E-state index in [9.17, 15) is 9.90 Å². The SMILES string of the molecule is CSC[C@](C)(O)CNC(=O)NC[C@H]1C[C@]12CCc1ccccc12. The molecule has 0 radical (unpaired) electrons. The lowest BCUT2D eigenvalue weighted by molar-refractivity contribution is 0.0869. The third-order valence-corrected chi connectivity index (χ3v) is 6.13. The molecule has 1 spiro atoms. The smallest absolute Gasteiger partial charge is 0.314 e. The number of fused-ring (bicyclic) bond motifs is 2. The molecule has 126 valence electrons. The van der Waals surface area contributed by atoms with E-state index in [-0.39, 0.29) is 12.6 Å². The van der Waals surface area contributed by atoms with Crippen LogP contribution in [0.15, 0.2) is 24.3 Å². The van der Waals surface area contributed by atoms with E-state index in [1.54, 1.807) is 18.7 Å². The van der Waals surface area contributed by atoms with Crippen LogP contribution in [0, 0.1) is 5.92 Å². The Hall–Kier alpha value is -1.20. The number of rotatable bonds is 6. The number of aryl methyl sites for hydroxylation is 1. The van der Waals surface area contributed by atoms with Gasteiger partial charge in [0.2, 0.25) is 0 Å². The molecule has 0 unspecified atom stereocenters. The highest BCUT2D eigenvalue weighted by Crippen LogP contribution is 2.61. The maximum atomic E-state index is 11.9. The third-order valence-electron chi connectivity index (χ3n) is 5.22. The first-order chi connectivity index (χ1) is 11.0. The van der Waals surface area contributed by atoms with Crippen LogP contribution in [0.1, 0.15) is 30.9 Å². The molecule has 0 aliphatic heterocycles. The molecule has 1 aromatic rings. The predicted octanol–water partition coefficient (Wildman–Crippen LogP) is 2.30. The van der Waals surface area contributed by atoms with Crippen molar-refractivity contribution in [2.45, 2.75) is 37.2 Å². The molecule has 5 heteroatoms. The van der Waals surface area contributed by atoms with Gasteiger partial charge in [0.15, 0.2) is 0 Å². The van der Waals surface area contributed by atoms with Crippen LogP contribution in [0.25, 0.3) is 0 Å². The van der Waals surface area contributed by atoms with Crippen molar-refractivity contribution in [3.63, 3.8) is 0 Å². The van der Waals surface area contributed by atoms with Gasteiger partial charge in [0.05, 0.1) is 5.60 Å². The molecule has 3 N–H and O–H groups in total. The van der Waals surface area contributed by atoms with Gasteiger partial charge in [0, 0.05) is 24.3 Å². The quantitative estimate of drug-likeness (QED) is 0.748. The zero-order valence-electron chi connectivity index (χ0n) is 13.9. The molecule has 4 nitrogen and oxygen atoms in total. The van der Waals surface area contributed by atoms with Crippen molar-refractivity contribution in [1.82, 2.24) is 10.6 Å². The van der Waals surface area contributed by atoms with Gasteiger partial charge >= 0.3 is 6.03 Å². The molecule has 1 saturated carbocycles. The Morgan fingerprint density at radius 3 is 3.00 bits per heavy atom. The summed E-state index contributed by atoms with van der Waals surface area (Å²) in [7, 11) is 0. The number of carbonyl (C=O) groups excluding carboxylic acids is 1. The molecule has 2 amide bonds. The maximum Gasteiger partial charge on any atom is 0.314 e. The molecule has 1 aromatic carbocycles. The monoisotopic (exact) mass is 334 g/mol. The molecular weight excluding hydrogens is 308 g/mol. The van der Waals surface area contributed by atoms with Crippen LogP contribution in [-0.4, -0.2) is 41.8 Å². The molecule has 2 aliphatic rings. The van der Waals surface area contributed by atoms with Crippen molar-refractivity contribution in [3.05, 3.63) is 35.4 Å². The van der Waals surface area contributed by atoms with Gasteiger partial charge in [0.1, 0.15) is 0 Å². The normalized spacial score (nSPS) is 27.3. The third kappa shape index (κ3) is 3.50. The van der Waals surface area contributed by atoms with Crippen molar-refractivity contribution >= 4 is 17.8 Å². The fourth-order valence-corrected chi connectivity index (χ4v) is 4.64. The van der Waals surface area contributed by atoms with Crippen molar-refractivity contribution in [1.29, 1.82) is 0 Å². The number of hydrogen-bond donors (Lipinski definition) is 3. The number of thioether (sulfide) groups is 1. The van der Waals surface area contributed by atoms with Crippen LogP contribution in [0.3, 0.4) is 0 Å². The number of aliphatic hydroxyl groups is 1. The van der Waals surface area contributed by atoms with Crippen LogP contribution in [0.4, 0.5) is 4.79 Å². The second-order valence-electron chi connectivity index (χ2n) is 7.21. The Kier molecular flexibility index (Phi) is 4.61. The topological polar surface area (TPSA) is 61.4 Å². The van der Waals surface area contributed by atoms with Crippen LogP contribution >= 0.6 is 11.8 Å². The van der Waals surface area contributed by atoms with Crippen molar-refractivity contribution in [2.75, 3.05) is 25.1 Å². The van der Waals surface area contributed by atoms with Gasteiger partial charge < -0.3 is 15.7 Å². The molecule has 3 rings (SSSR count). The summed E-state index contributed by atoms with van der Waals surface area (Å²) < 4.78 is 0. The highest BCUT2D eigenvalue weighted by Gasteiger charge is 2.57. The Labute approximate surface area is 142 Å². The minimum absolute atomic E-state index is 0.181. The lowest BCUT2D eigenvalue weighted by Gasteiger charge is -2.22. The molecular formula is C18H26N2O2S. The number of carbonyl (C=O) groups is 1. The van der Waals surface area contributed by atoms with E-state index in [1.165, 1.54) is 24.0 Å². The van der Waals surface area contributed by atoms with Crippen LogP contribution in [0.2, 0.25) is 0 Å². The van der Waals surface area contributed by atoms with Crippen molar-refractivity contribution < 1.29 is 9.90 Å². The summed E-state index contributed by atoms with van der Waals surface area (Å²) in [5.41, 5.74) is 2.43. The lowest BCUT2D eigenvalue weighted by Crippen LogP contribution is -2.46. The number of benzene rings is 1. The summed E-state index contributed by atoms with van der Waals surface area (Å²) in [6.45, 7) is 2.73. The van der Waals surface area contributed by atoms with E-state index in [1.807, 2.05) is 6.26 Å². The average Bonchev–Trinajstić information content (AvgIpc) is 3.11. The first-order valence-corrected chi connectivity index (χ1v) is 9.68. The number of amides is 2. The Balaban J connectivity index is 1.45. The van der Waals surface area contributed by atoms with Crippen molar-refractivity contribution in [3.8, 4) is 0 Å². The second kappa shape index (κ2) is 6.36. The average molecular weight is 334 g/mol. The Morgan fingerprint density at radius 1 is 1.43 bits per heavy atom. The summed E-state index contributed by atoms with van der Waals surface area (Å²) in [4.78, 5) is 11.9. The zero-order chi connectivity index (χ0) is 16.5. The lowest BCUT2D eigenvalue weighted by atomic mass is 9.95. The first kappa shape index (κ1) is 16.7. The first-order valence-electron chi connectivity index (χ1n) is 8.28. The van der Waals surface area contributed by atoms with Gasteiger partial charge in [-0.1, -0.05) is 24.3 Å². The number of nitrogens with one attached hydrogen (secondary N) is 2. The summed E-state index contributed by atoms with van der Waals surface area (Å²) in [6, 6.07) is 8.53. The maximum absolute atomic E-state index is 11.9.